The van der Waals surface area contributed by atoms with Gasteiger partial charge < -0.3 is 9.74 Å². The van der Waals surface area contributed by atoms with Gasteiger partial charge in [-0.3, -0.25) is 0 Å². The van der Waals surface area contributed by atoms with Crippen molar-refractivity contribution in [2.24, 2.45) is 0 Å². The fourth-order valence-corrected chi connectivity index (χ4v) is 2.70. The molecule has 0 aromatic rings. The molecule has 0 amide bonds. The van der Waals surface area contributed by atoms with Crippen molar-refractivity contribution in [3.8, 4) is 0 Å². The number of hydrogen-bond donors (Lipinski definition) is 1. The zero-order chi connectivity index (χ0) is 13.5. The fraction of sp³-hybridized carbons (Fsp3) is 1.00. The zero-order valence-corrected chi connectivity index (χ0v) is 14.0. The second-order valence-corrected chi connectivity index (χ2v) is 11.2. The van der Waals surface area contributed by atoms with Crippen molar-refractivity contribution in [1.29, 1.82) is 0 Å². The maximum absolute atomic E-state index is 6.18. The summed E-state index contributed by atoms with van der Waals surface area (Å²) in [5, 5.41) is 3.85. The van der Waals surface area contributed by atoms with Gasteiger partial charge in [0.2, 0.25) is 0 Å². The highest BCUT2D eigenvalue weighted by Crippen LogP contribution is 2.36. The van der Waals surface area contributed by atoms with Gasteiger partial charge in [0.05, 0.1) is 0 Å². The third-order valence-electron chi connectivity index (χ3n) is 3.95. The molecule has 2 nitrogen and oxygen atoms in total. The molecule has 0 saturated heterocycles. The van der Waals surface area contributed by atoms with Crippen LogP contribution in [0.5, 0.6) is 0 Å². The average Bonchev–Trinajstić information content (AvgIpc) is 2.21. The molecule has 0 radical (unpaired) electrons. The summed E-state index contributed by atoms with van der Waals surface area (Å²) in [5.74, 6) is 0. The Labute approximate surface area is 110 Å². The van der Waals surface area contributed by atoms with E-state index in [1.807, 2.05) is 0 Å². The molecule has 3 heteroatoms. The summed E-state index contributed by atoms with van der Waals surface area (Å²) in [6, 6.07) is 0.669. The van der Waals surface area contributed by atoms with Gasteiger partial charge in [0.15, 0.2) is 8.32 Å². The van der Waals surface area contributed by atoms with E-state index in [4.69, 9.17) is 4.43 Å². The number of nitrogens with one attached hydrogen (secondary N) is 1. The maximum Gasteiger partial charge on any atom is 0.191 e. The molecule has 0 fully saturated rings. The minimum absolute atomic E-state index is 0.332. The standard InChI is InChI=1S/C14H33NOSi/c1-8-13(15-9-2)11-10-12-16-17(6,7)14(3,4)5/h13,15H,8-12H2,1-7H3/t13-/m1/s1. The van der Waals surface area contributed by atoms with Gasteiger partial charge in [-0.1, -0.05) is 34.6 Å². The number of rotatable bonds is 8. The highest BCUT2D eigenvalue weighted by atomic mass is 28.4. The molecule has 0 aliphatic carbocycles. The molecule has 0 heterocycles. The molecule has 0 bridgehead atoms. The van der Waals surface area contributed by atoms with Gasteiger partial charge in [0.25, 0.3) is 0 Å². The summed E-state index contributed by atoms with van der Waals surface area (Å²) >= 11 is 0. The van der Waals surface area contributed by atoms with E-state index in [1.54, 1.807) is 0 Å². The van der Waals surface area contributed by atoms with Gasteiger partial charge in [0, 0.05) is 12.6 Å². The van der Waals surface area contributed by atoms with Crippen molar-refractivity contribution < 1.29 is 4.43 Å². The molecule has 1 N–H and O–H groups in total. The van der Waals surface area contributed by atoms with E-state index >= 15 is 0 Å². The first-order valence-corrected chi connectivity index (χ1v) is 10.0. The van der Waals surface area contributed by atoms with Crippen LogP contribution in [0.3, 0.4) is 0 Å². The van der Waals surface area contributed by atoms with E-state index < -0.39 is 8.32 Å². The van der Waals surface area contributed by atoms with E-state index in [-0.39, 0.29) is 0 Å². The summed E-state index contributed by atoms with van der Waals surface area (Å²) in [4.78, 5) is 0. The zero-order valence-electron chi connectivity index (χ0n) is 13.0. The molecular formula is C14H33NOSi. The third kappa shape index (κ3) is 6.58. The van der Waals surface area contributed by atoms with Gasteiger partial charge in [-0.15, -0.1) is 0 Å². The maximum atomic E-state index is 6.18. The van der Waals surface area contributed by atoms with E-state index in [9.17, 15) is 0 Å². The van der Waals surface area contributed by atoms with Crippen LogP contribution < -0.4 is 5.32 Å². The molecule has 0 aliphatic heterocycles. The van der Waals surface area contributed by atoms with Crippen molar-refractivity contribution in [1.82, 2.24) is 5.32 Å². The van der Waals surface area contributed by atoms with Gasteiger partial charge in [-0.2, -0.15) is 0 Å². The van der Waals surface area contributed by atoms with Gasteiger partial charge in [-0.05, 0) is 43.9 Å². The molecule has 0 rings (SSSR count). The fourth-order valence-electron chi connectivity index (χ4n) is 1.61. The van der Waals surface area contributed by atoms with Crippen LogP contribution in [0.15, 0.2) is 0 Å². The van der Waals surface area contributed by atoms with Crippen LogP contribution in [0.1, 0.15) is 53.9 Å². The van der Waals surface area contributed by atoms with Crippen LogP contribution in [0.25, 0.3) is 0 Å². The quantitative estimate of drug-likeness (QED) is 0.521. The Kier molecular flexibility index (Phi) is 7.61. The van der Waals surface area contributed by atoms with Crippen LogP contribution >= 0.6 is 0 Å². The van der Waals surface area contributed by atoms with Crippen molar-refractivity contribution >= 4 is 8.32 Å². The summed E-state index contributed by atoms with van der Waals surface area (Å²) in [7, 11) is -1.53. The Morgan fingerprint density at radius 2 is 1.76 bits per heavy atom. The molecule has 0 spiro atoms. The SMILES string of the molecule is CCN[C@H](CC)CCCO[Si](C)(C)C(C)(C)C. The van der Waals surface area contributed by atoms with Crippen LogP contribution in [0.2, 0.25) is 18.1 Å². The molecule has 1 atom stereocenters. The van der Waals surface area contributed by atoms with Crippen molar-refractivity contribution in [3.63, 3.8) is 0 Å². The normalized spacial score (nSPS) is 15.0. The van der Waals surface area contributed by atoms with Gasteiger partial charge in [0.1, 0.15) is 0 Å². The van der Waals surface area contributed by atoms with Crippen molar-refractivity contribution in [2.45, 2.75) is 78.1 Å². The highest BCUT2D eigenvalue weighted by Gasteiger charge is 2.36. The highest BCUT2D eigenvalue weighted by molar-refractivity contribution is 6.74. The van der Waals surface area contributed by atoms with E-state index in [1.165, 1.54) is 19.3 Å². The Morgan fingerprint density at radius 1 is 1.18 bits per heavy atom. The van der Waals surface area contributed by atoms with E-state index in [0.717, 1.165) is 13.2 Å². The third-order valence-corrected chi connectivity index (χ3v) is 8.49. The molecule has 0 aromatic heterocycles. The Morgan fingerprint density at radius 3 is 2.18 bits per heavy atom. The lowest BCUT2D eigenvalue weighted by Gasteiger charge is -2.36. The van der Waals surface area contributed by atoms with E-state index in [2.05, 4.69) is 53.0 Å². The first-order valence-electron chi connectivity index (χ1n) is 7.12. The van der Waals surface area contributed by atoms with Gasteiger partial charge in [-0.25, -0.2) is 0 Å². The minimum atomic E-state index is -1.53. The lowest BCUT2D eigenvalue weighted by Crippen LogP contribution is -2.41. The smallest absolute Gasteiger partial charge is 0.191 e. The van der Waals surface area contributed by atoms with E-state index in [0.29, 0.717) is 11.1 Å². The van der Waals surface area contributed by atoms with Crippen molar-refractivity contribution in [2.75, 3.05) is 13.2 Å². The summed E-state index contributed by atoms with van der Waals surface area (Å²) < 4.78 is 6.18. The average molecular weight is 260 g/mol. The predicted molar refractivity (Wildman–Crippen MR) is 80.1 cm³/mol. The lowest BCUT2D eigenvalue weighted by atomic mass is 10.1. The molecular weight excluding hydrogens is 226 g/mol. The second kappa shape index (κ2) is 7.55. The topological polar surface area (TPSA) is 21.3 Å². The van der Waals surface area contributed by atoms with Gasteiger partial charge >= 0.3 is 0 Å². The minimum Gasteiger partial charge on any atom is -0.417 e. The Bertz CT molecular complexity index is 199. The molecule has 17 heavy (non-hydrogen) atoms. The first kappa shape index (κ1) is 17.1. The lowest BCUT2D eigenvalue weighted by molar-refractivity contribution is 0.270. The van der Waals surface area contributed by atoms with Crippen LogP contribution in [-0.2, 0) is 4.43 Å². The number of hydrogen-bond acceptors (Lipinski definition) is 2. The summed E-state index contributed by atoms with van der Waals surface area (Å²) in [6.07, 6.45) is 3.63. The first-order chi connectivity index (χ1) is 7.74. The molecule has 0 saturated carbocycles. The monoisotopic (exact) mass is 259 g/mol. The Balaban J connectivity index is 3.84. The van der Waals surface area contributed by atoms with Crippen LogP contribution in [-0.4, -0.2) is 27.5 Å². The molecule has 0 aromatic carbocycles. The second-order valence-electron chi connectivity index (χ2n) is 6.41. The predicted octanol–water partition coefficient (Wildman–Crippen LogP) is 4.18. The Hall–Kier alpha value is 0.137. The molecule has 104 valence electrons. The largest absolute Gasteiger partial charge is 0.417 e. The van der Waals surface area contributed by atoms with Crippen molar-refractivity contribution in [3.05, 3.63) is 0 Å². The summed E-state index contributed by atoms with van der Waals surface area (Å²) in [5.41, 5.74) is 0. The molecule has 0 aliphatic rings. The summed E-state index contributed by atoms with van der Waals surface area (Å²) in [6.45, 7) is 18.0. The van der Waals surface area contributed by atoms with Crippen LogP contribution in [0, 0.1) is 0 Å². The van der Waals surface area contributed by atoms with Crippen LogP contribution in [0.4, 0.5) is 0 Å². The molecule has 0 unspecified atom stereocenters.